The highest BCUT2D eigenvalue weighted by atomic mass is 16.6. The monoisotopic (exact) mass is 551 g/mol. The van der Waals surface area contributed by atoms with Crippen LogP contribution in [0.4, 0.5) is 10.5 Å². The zero-order valence-electron chi connectivity index (χ0n) is 26.1. The number of alkyl carbamates (subject to hydrolysis) is 1. The number of nitrogens with one attached hydrogen (secondary N) is 2. The van der Waals surface area contributed by atoms with Crippen molar-refractivity contribution in [2.75, 3.05) is 11.9 Å². The van der Waals surface area contributed by atoms with Gasteiger partial charge in [0.15, 0.2) is 0 Å². The summed E-state index contributed by atoms with van der Waals surface area (Å²) < 4.78 is 5.49. The molecule has 2 rings (SSSR count). The van der Waals surface area contributed by atoms with Crippen molar-refractivity contribution in [3.63, 3.8) is 0 Å². The fraction of sp³-hybridized carbons (Fsp3) is 0.545. The van der Waals surface area contributed by atoms with Gasteiger partial charge in [0, 0.05) is 12.2 Å². The molecule has 0 saturated heterocycles. The van der Waals surface area contributed by atoms with E-state index in [2.05, 4.69) is 17.6 Å². The summed E-state index contributed by atoms with van der Waals surface area (Å²) in [5, 5.41) is 5.95. The largest absolute Gasteiger partial charge is 0.444 e. The first kappa shape index (κ1) is 32.9. The molecular formula is C33H49N3O4. The number of benzene rings is 2. The SMILES string of the molecule is CCCCN(C(=O)C(CC(C)C)NC(=O)OC(C)(C)C)C(C(=O)Nc1c(C)cccc1C)c1ccc(C)cc1C. The highest BCUT2D eigenvalue weighted by molar-refractivity contribution is 6.00. The molecule has 220 valence electrons. The van der Waals surface area contributed by atoms with Crippen LogP contribution in [0.25, 0.3) is 0 Å². The lowest BCUT2D eigenvalue weighted by Crippen LogP contribution is -2.53. The van der Waals surface area contributed by atoms with Gasteiger partial charge in [0.2, 0.25) is 5.91 Å². The van der Waals surface area contributed by atoms with Crippen molar-refractivity contribution < 1.29 is 19.1 Å². The van der Waals surface area contributed by atoms with Crippen molar-refractivity contribution in [1.29, 1.82) is 0 Å². The van der Waals surface area contributed by atoms with E-state index in [1.54, 1.807) is 25.7 Å². The van der Waals surface area contributed by atoms with Gasteiger partial charge >= 0.3 is 6.09 Å². The Hall–Kier alpha value is -3.35. The van der Waals surface area contributed by atoms with E-state index in [0.717, 1.165) is 39.9 Å². The second-order valence-electron chi connectivity index (χ2n) is 12.2. The van der Waals surface area contributed by atoms with E-state index in [1.165, 1.54) is 0 Å². The molecule has 2 aromatic rings. The van der Waals surface area contributed by atoms with Crippen molar-refractivity contribution in [3.05, 3.63) is 64.2 Å². The molecule has 40 heavy (non-hydrogen) atoms. The molecule has 2 N–H and O–H groups in total. The Morgan fingerprint density at radius 1 is 0.950 bits per heavy atom. The van der Waals surface area contributed by atoms with Gasteiger partial charge in [-0.15, -0.1) is 0 Å². The summed E-state index contributed by atoms with van der Waals surface area (Å²) >= 11 is 0. The number of carbonyl (C=O) groups is 3. The van der Waals surface area contributed by atoms with Gasteiger partial charge < -0.3 is 20.3 Å². The molecule has 7 nitrogen and oxygen atoms in total. The molecule has 0 aromatic heterocycles. The maximum atomic E-state index is 14.3. The number of para-hydroxylation sites is 1. The fourth-order valence-corrected chi connectivity index (χ4v) is 4.82. The fourth-order valence-electron chi connectivity index (χ4n) is 4.82. The number of nitrogens with zero attached hydrogens (tertiary/aromatic N) is 1. The van der Waals surface area contributed by atoms with Crippen LogP contribution in [0.15, 0.2) is 36.4 Å². The van der Waals surface area contributed by atoms with Gasteiger partial charge in [-0.3, -0.25) is 9.59 Å². The van der Waals surface area contributed by atoms with E-state index < -0.39 is 23.8 Å². The molecule has 2 atom stereocenters. The molecule has 7 heteroatoms. The molecule has 0 aliphatic rings. The van der Waals surface area contributed by atoms with Gasteiger partial charge in [0.05, 0.1) is 0 Å². The molecule has 0 fully saturated rings. The van der Waals surface area contributed by atoms with E-state index in [4.69, 9.17) is 4.74 Å². The van der Waals surface area contributed by atoms with E-state index >= 15 is 0 Å². The van der Waals surface area contributed by atoms with Crippen molar-refractivity contribution >= 4 is 23.6 Å². The summed E-state index contributed by atoms with van der Waals surface area (Å²) in [6.07, 6.45) is 1.32. The van der Waals surface area contributed by atoms with Gasteiger partial charge in [-0.25, -0.2) is 4.79 Å². The zero-order chi connectivity index (χ0) is 30.2. The Bertz CT molecular complexity index is 1160. The summed E-state index contributed by atoms with van der Waals surface area (Å²) in [6.45, 7) is 19.7. The Morgan fingerprint density at radius 3 is 2.10 bits per heavy atom. The summed E-state index contributed by atoms with van der Waals surface area (Å²) in [4.78, 5) is 43.0. The number of anilines is 1. The second kappa shape index (κ2) is 14.3. The number of unbranched alkanes of at least 4 members (excludes halogenated alkanes) is 1. The molecule has 0 spiro atoms. The summed E-state index contributed by atoms with van der Waals surface area (Å²) in [6, 6.07) is 10.1. The number of ether oxygens (including phenoxy) is 1. The third-order valence-electron chi connectivity index (χ3n) is 6.74. The molecule has 2 unspecified atom stereocenters. The van der Waals surface area contributed by atoms with E-state index in [1.807, 2.05) is 77.9 Å². The molecule has 3 amide bonds. The predicted octanol–water partition coefficient (Wildman–Crippen LogP) is 7.17. The minimum atomic E-state index is -0.881. The second-order valence-corrected chi connectivity index (χ2v) is 12.2. The Kier molecular flexibility index (Phi) is 11.8. The average Bonchev–Trinajstić information content (AvgIpc) is 2.82. The molecule has 0 heterocycles. The molecular weight excluding hydrogens is 502 g/mol. The highest BCUT2D eigenvalue weighted by Gasteiger charge is 2.37. The standard InChI is InChI=1S/C33H49N3O4/c1-11-12-18-36(31(38)27(19-21(2)3)34-32(39)40-33(8,9)10)29(26-17-16-22(4)20-25(26)7)30(37)35-28-23(5)14-13-15-24(28)6/h13-17,20-21,27,29H,11-12,18-19H2,1-10H3,(H,34,39)(H,35,37). The van der Waals surface area contributed by atoms with Crippen LogP contribution in [-0.2, 0) is 14.3 Å². The molecule has 0 bridgehead atoms. The van der Waals surface area contributed by atoms with E-state index in [0.29, 0.717) is 19.4 Å². The summed E-state index contributed by atoms with van der Waals surface area (Å²) in [5.74, 6) is -0.455. The number of carbonyl (C=O) groups excluding carboxylic acids is 3. The normalized spacial score (nSPS) is 13.0. The zero-order valence-corrected chi connectivity index (χ0v) is 26.1. The number of aryl methyl sites for hydroxylation is 4. The maximum Gasteiger partial charge on any atom is 0.408 e. The Labute approximate surface area is 241 Å². The minimum absolute atomic E-state index is 0.125. The number of rotatable bonds is 11. The van der Waals surface area contributed by atoms with Crippen molar-refractivity contribution in [1.82, 2.24) is 10.2 Å². The van der Waals surface area contributed by atoms with Gasteiger partial charge in [0.1, 0.15) is 17.7 Å². The van der Waals surface area contributed by atoms with Gasteiger partial charge in [-0.2, -0.15) is 0 Å². The lowest BCUT2D eigenvalue weighted by atomic mass is 9.95. The van der Waals surface area contributed by atoms with Crippen molar-refractivity contribution in [2.45, 2.75) is 106 Å². The molecule has 0 radical (unpaired) electrons. The summed E-state index contributed by atoms with van der Waals surface area (Å²) in [5.41, 5.74) is 4.70. The molecule has 0 saturated carbocycles. The lowest BCUT2D eigenvalue weighted by molar-refractivity contribution is -0.141. The molecule has 0 aliphatic heterocycles. The van der Waals surface area contributed by atoms with Crippen LogP contribution in [-0.4, -0.2) is 41.0 Å². The maximum absolute atomic E-state index is 14.3. The third kappa shape index (κ3) is 9.39. The Balaban J connectivity index is 2.62. The van der Waals surface area contributed by atoms with Gasteiger partial charge in [0.25, 0.3) is 5.91 Å². The van der Waals surface area contributed by atoms with Crippen LogP contribution in [0, 0.1) is 33.6 Å². The van der Waals surface area contributed by atoms with Crippen LogP contribution < -0.4 is 10.6 Å². The lowest BCUT2D eigenvalue weighted by Gasteiger charge is -2.35. The van der Waals surface area contributed by atoms with Gasteiger partial charge in [-0.05, 0) is 89.5 Å². The highest BCUT2D eigenvalue weighted by Crippen LogP contribution is 2.30. The molecule has 0 aliphatic carbocycles. The van der Waals surface area contributed by atoms with Crippen LogP contribution in [0.3, 0.4) is 0 Å². The minimum Gasteiger partial charge on any atom is -0.444 e. The first-order valence-electron chi connectivity index (χ1n) is 14.4. The van der Waals surface area contributed by atoms with Crippen LogP contribution in [0.1, 0.15) is 94.7 Å². The number of hydrogen-bond acceptors (Lipinski definition) is 4. The first-order valence-corrected chi connectivity index (χ1v) is 14.4. The van der Waals surface area contributed by atoms with Gasteiger partial charge in [-0.1, -0.05) is 69.2 Å². The van der Waals surface area contributed by atoms with Crippen LogP contribution >= 0.6 is 0 Å². The molecule has 2 aromatic carbocycles. The predicted molar refractivity (Wildman–Crippen MR) is 162 cm³/mol. The van der Waals surface area contributed by atoms with Crippen LogP contribution in [0.2, 0.25) is 0 Å². The average molecular weight is 552 g/mol. The van der Waals surface area contributed by atoms with E-state index in [-0.39, 0.29) is 17.7 Å². The number of hydrogen-bond donors (Lipinski definition) is 2. The quantitative estimate of drug-likeness (QED) is 0.310. The smallest absolute Gasteiger partial charge is 0.408 e. The van der Waals surface area contributed by atoms with E-state index in [9.17, 15) is 14.4 Å². The Morgan fingerprint density at radius 2 is 1.57 bits per heavy atom. The van der Waals surface area contributed by atoms with Crippen LogP contribution in [0.5, 0.6) is 0 Å². The first-order chi connectivity index (χ1) is 18.6. The topological polar surface area (TPSA) is 87.7 Å². The third-order valence-corrected chi connectivity index (χ3v) is 6.74. The number of amides is 3. The summed E-state index contributed by atoms with van der Waals surface area (Å²) in [7, 11) is 0. The van der Waals surface area contributed by atoms with Crippen molar-refractivity contribution in [2.24, 2.45) is 5.92 Å². The van der Waals surface area contributed by atoms with Crippen molar-refractivity contribution in [3.8, 4) is 0 Å².